The summed E-state index contributed by atoms with van der Waals surface area (Å²) >= 11 is 1.44. The number of aromatic nitrogens is 2. The summed E-state index contributed by atoms with van der Waals surface area (Å²) in [5, 5.41) is 4.10. The van der Waals surface area contributed by atoms with E-state index in [0.29, 0.717) is 22.7 Å². The SMILES string of the molecule is Cc1cc(C)nc(SCC(=O)N2C[C@H]3CNC[C@H]3C2)n1.Cl. The van der Waals surface area contributed by atoms with E-state index in [9.17, 15) is 4.79 Å². The summed E-state index contributed by atoms with van der Waals surface area (Å²) in [4.78, 5) is 23.0. The molecule has 0 saturated carbocycles. The fourth-order valence-electron chi connectivity index (χ4n) is 3.03. The van der Waals surface area contributed by atoms with Crippen LogP contribution in [0.25, 0.3) is 0 Å². The van der Waals surface area contributed by atoms with E-state index in [4.69, 9.17) is 0 Å². The third kappa shape index (κ3) is 3.87. The highest BCUT2D eigenvalue weighted by Gasteiger charge is 2.37. The van der Waals surface area contributed by atoms with Crippen LogP contribution in [0.4, 0.5) is 0 Å². The van der Waals surface area contributed by atoms with E-state index in [1.807, 2.05) is 24.8 Å². The maximum atomic E-state index is 12.2. The number of nitrogens with one attached hydrogen (secondary N) is 1. The van der Waals surface area contributed by atoms with Gasteiger partial charge in [0.15, 0.2) is 5.16 Å². The van der Waals surface area contributed by atoms with Gasteiger partial charge in [-0.15, -0.1) is 12.4 Å². The molecule has 2 aliphatic rings. The fraction of sp³-hybridized carbons (Fsp3) is 0.643. The Hall–Kier alpha value is -0.850. The van der Waals surface area contributed by atoms with E-state index in [0.717, 1.165) is 37.6 Å². The summed E-state index contributed by atoms with van der Waals surface area (Å²) in [5.74, 6) is 1.96. The van der Waals surface area contributed by atoms with E-state index in [-0.39, 0.29) is 18.3 Å². The van der Waals surface area contributed by atoms with Crippen LogP contribution >= 0.6 is 24.2 Å². The van der Waals surface area contributed by atoms with Crippen LogP contribution in [-0.2, 0) is 4.79 Å². The molecule has 0 unspecified atom stereocenters. The van der Waals surface area contributed by atoms with Gasteiger partial charge in [-0.2, -0.15) is 0 Å². The van der Waals surface area contributed by atoms with Crippen LogP contribution < -0.4 is 5.32 Å². The molecule has 2 saturated heterocycles. The summed E-state index contributed by atoms with van der Waals surface area (Å²) < 4.78 is 0. The van der Waals surface area contributed by atoms with Crippen molar-refractivity contribution in [1.82, 2.24) is 20.2 Å². The normalized spacial score (nSPS) is 23.8. The molecular weight excluding hydrogens is 308 g/mol. The van der Waals surface area contributed by atoms with Gasteiger partial charge in [-0.3, -0.25) is 4.79 Å². The molecule has 1 amide bonds. The van der Waals surface area contributed by atoms with Gasteiger partial charge in [-0.1, -0.05) is 11.8 Å². The van der Waals surface area contributed by atoms with E-state index in [1.54, 1.807) is 0 Å². The molecular formula is C14H21ClN4OS. The maximum Gasteiger partial charge on any atom is 0.233 e. The summed E-state index contributed by atoms with van der Waals surface area (Å²) in [6.07, 6.45) is 0. The Balaban J connectivity index is 0.00000161. The average Bonchev–Trinajstić information content (AvgIpc) is 2.95. The van der Waals surface area contributed by atoms with Crippen LogP contribution in [0.5, 0.6) is 0 Å². The van der Waals surface area contributed by atoms with Gasteiger partial charge in [0.05, 0.1) is 5.75 Å². The molecule has 3 heterocycles. The van der Waals surface area contributed by atoms with Crippen molar-refractivity contribution >= 4 is 30.1 Å². The summed E-state index contributed by atoms with van der Waals surface area (Å²) in [6.45, 7) is 7.84. The molecule has 2 aliphatic heterocycles. The smallest absolute Gasteiger partial charge is 0.233 e. The van der Waals surface area contributed by atoms with Gasteiger partial charge >= 0.3 is 0 Å². The summed E-state index contributed by atoms with van der Waals surface area (Å²) in [7, 11) is 0. The van der Waals surface area contributed by atoms with E-state index < -0.39 is 0 Å². The van der Waals surface area contributed by atoms with E-state index in [2.05, 4.69) is 15.3 Å². The molecule has 2 fully saturated rings. The monoisotopic (exact) mass is 328 g/mol. The molecule has 5 nitrogen and oxygen atoms in total. The average molecular weight is 329 g/mol. The minimum atomic E-state index is 0. The van der Waals surface area contributed by atoms with Gasteiger partial charge in [0.2, 0.25) is 5.91 Å². The Morgan fingerprint density at radius 3 is 2.43 bits per heavy atom. The van der Waals surface area contributed by atoms with Gasteiger partial charge in [0.1, 0.15) is 0 Å². The Morgan fingerprint density at radius 1 is 1.29 bits per heavy atom. The second-order valence-corrected chi connectivity index (χ2v) is 6.64. The molecule has 21 heavy (non-hydrogen) atoms. The molecule has 0 radical (unpaired) electrons. The van der Waals surface area contributed by atoms with Crippen molar-refractivity contribution in [3.8, 4) is 0 Å². The number of amides is 1. The van der Waals surface area contributed by atoms with Gasteiger partial charge in [-0.25, -0.2) is 9.97 Å². The zero-order chi connectivity index (χ0) is 14.1. The van der Waals surface area contributed by atoms with Crippen molar-refractivity contribution in [2.45, 2.75) is 19.0 Å². The number of nitrogens with zero attached hydrogens (tertiary/aromatic N) is 3. The van der Waals surface area contributed by atoms with Crippen molar-refractivity contribution in [1.29, 1.82) is 0 Å². The fourth-order valence-corrected chi connectivity index (χ4v) is 3.89. The molecule has 3 rings (SSSR count). The number of likely N-dealkylation sites (tertiary alicyclic amines) is 1. The summed E-state index contributed by atoms with van der Waals surface area (Å²) in [6, 6.07) is 1.94. The predicted molar refractivity (Wildman–Crippen MR) is 85.9 cm³/mol. The Labute approximate surface area is 135 Å². The van der Waals surface area contributed by atoms with Crippen molar-refractivity contribution in [2.75, 3.05) is 31.9 Å². The predicted octanol–water partition coefficient (Wildman–Crippen LogP) is 1.29. The van der Waals surface area contributed by atoms with Crippen LogP contribution in [0, 0.1) is 25.7 Å². The minimum absolute atomic E-state index is 0. The van der Waals surface area contributed by atoms with Crippen LogP contribution in [0.1, 0.15) is 11.4 Å². The van der Waals surface area contributed by atoms with Gasteiger partial charge in [0, 0.05) is 37.6 Å². The lowest BCUT2D eigenvalue weighted by molar-refractivity contribution is -0.127. The molecule has 0 bridgehead atoms. The quantitative estimate of drug-likeness (QED) is 0.669. The molecule has 0 aromatic carbocycles. The second-order valence-electron chi connectivity index (χ2n) is 5.70. The molecule has 1 N–H and O–H groups in total. The molecule has 116 valence electrons. The Kier molecular flexibility index (Phi) is 5.46. The van der Waals surface area contributed by atoms with Gasteiger partial charge in [0.25, 0.3) is 0 Å². The van der Waals surface area contributed by atoms with Gasteiger partial charge < -0.3 is 10.2 Å². The number of carbonyl (C=O) groups is 1. The lowest BCUT2D eigenvalue weighted by Gasteiger charge is -2.17. The van der Waals surface area contributed by atoms with Crippen molar-refractivity contribution < 1.29 is 4.79 Å². The van der Waals surface area contributed by atoms with E-state index in [1.165, 1.54) is 11.8 Å². The number of rotatable bonds is 3. The largest absolute Gasteiger partial charge is 0.341 e. The van der Waals surface area contributed by atoms with E-state index >= 15 is 0 Å². The Bertz CT molecular complexity index is 495. The number of hydrogen-bond donors (Lipinski definition) is 1. The van der Waals surface area contributed by atoms with Crippen LogP contribution in [0.15, 0.2) is 11.2 Å². The van der Waals surface area contributed by atoms with Crippen LogP contribution in [0.2, 0.25) is 0 Å². The topological polar surface area (TPSA) is 58.1 Å². The van der Waals surface area contributed by atoms with Crippen LogP contribution in [0.3, 0.4) is 0 Å². The van der Waals surface area contributed by atoms with Crippen molar-refractivity contribution in [3.63, 3.8) is 0 Å². The first-order chi connectivity index (χ1) is 9.61. The Morgan fingerprint density at radius 2 is 1.86 bits per heavy atom. The zero-order valence-electron chi connectivity index (χ0n) is 12.3. The second kappa shape index (κ2) is 6.94. The number of thioether (sulfide) groups is 1. The number of aryl methyl sites for hydroxylation is 2. The number of fused-ring (bicyclic) bond motifs is 1. The first kappa shape index (κ1) is 16.5. The van der Waals surface area contributed by atoms with Crippen molar-refractivity contribution in [3.05, 3.63) is 17.5 Å². The lowest BCUT2D eigenvalue weighted by atomic mass is 10.0. The number of hydrogen-bond acceptors (Lipinski definition) is 5. The first-order valence-corrected chi connectivity index (χ1v) is 8.04. The van der Waals surface area contributed by atoms with Gasteiger partial charge in [-0.05, 0) is 31.7 Å². The standard InChI is InChI=1S/C14H20N4OS.ClH/c1-9-3-10(2)17-14(16-9)20-8-13(19)18-6-11-4-15-5-12(11)7-18;/h3,11-12,15H,4-8H2,1-2H3;1H/t11-,12+;. The first-order valence-electron chi connectivity index (χ1n) is 7.05. The third-order valence-corrected chi connectivity index (χ3v) is 4.86. The minimum Gasteiger partial charge on any atom is -0.341 e. The molecule has 2 atom stereocenters. The highest BCUT2D eigenvalue weighted by Crippen LogP contribution is 2.27. The maximum absolute atomic E-state index is 12.2. The lowest BCUT2D eigenvalue weighted by Crippen LogP contribution is -2.33. The molecule has 0 aliphatic carbocycles. The number of carbonyl (C=O) groups excluding carboxylic acids is 1. The third-order valence-electron chi connectivity index (χ3n) is 4.03. The van der Waals surface area contributed by atoms with Crippen molar-refractivity contribution in [2.24, 2.45) is 11.8 Å². The zero-order valence-corrected chi connectivity index (χ0v) is 14.0. The highest BCUT2D eigenvalue weighted by atomic mass is 35.5. The molecule has 1 aromatic heterocycles. The molecule has 0 spiro atoms. The molecule has 7 heteroatoms. The summed E-state index contributed by atoms with van der Waals surface area (Å²) in [5.41, 5.74) is 1.91. The van der Waals surface area contributed by atoms with Crippen LogP contribution in [-0.4, -0.2) is 52.7 Å². The number of halogens is 1. The highest BCUT2D eigenvalue weighted by molar-refractivity contribution is 7.99. The molecule has 1 aromatic rings.